The van der Waals surface area contributed by atoms with Crippen LogP contribution in [0.25, 0.3) is 0 Å². The van der Waals surface area contributed by atoms with Crippen LogP contribution in [0.3, 0.4) is 0 Å². The summed E-state index contributed by atoms with van der Waals surface area (Å²) >= 11 is 0. The van der Waals surface area contributed by atoms with E-state index in [0.717, 1.165) is 18.7 Å². The van der Waals surface area contributed by atoms with Crippen molar-refractivity contribution in [3.8, 4) is 6.07 Å². The van der Waals surface area contributed by atoms with Gasteiger partial charge in [0.2, 0.25) is 0 Å². The molecule has 0 spiro atoms. The zero-order valence-electron chi connectivity index (χ0n) is 12.8. The molecule has 0 bridgehead atoms. The highest BCUT2D eigenvalue weighted by atomic mass is 15.1. The maximum Gasteiger partial charge on any atom is 0.0991 e. The van der Waals surface area contributed by atoms with Gasteiger partial charge in [0.25, 0.3) is 0 Å². The lowest BCUT2D eigenvalue weighted by atomic mass is 9.84. The minimum absolute atomic E-state index is 0.461. The van der Waals surface area contributed by atoms with Crippen molar-refractivity contribution in [2.24, 2.45) is 5.92 Å². The number of nitrogens with zero attached hydrogens (tertiary/aromatic N) is 2. The van der Waals surface area contributed by atoms with Gasteiger partial charge in [-0.05, 0) is 50.0 Å². The Kier molecular flexibility index (Phi) is 5.17. The van der Waals surface area contributed by atoms with Gasteiger partial charge in [0, 0.05) is 18.6 Å². The molecule has 0 radical (unpaired) electrons. The first-order valence-electron chi connectivity index (χ1n) is 7.55. The van der Waals surface area contributed by atoms with Gasteiger partial charge in [-0.3, -0.25) is 4.90 Å². The maximum absolute atomic E-state index is 8.92. The Morgan fingerprint density at radius 2 is 2.05 bits per heavy atom. The highest BCUT2D eigenvalue weighted by Crippen LogP contribution is 2.34. The van der Waals surface area contributed by atoms with E-state index in [9.17, 15) is 0 Å². The summed E-state index contributed by atoms with van der Waals surface area (Å²) in [6, 6.07) is 11.3. The topological polar surface area (TPSA) is 39.1 Å². The average Bonchev–Trinajstić information content (AvgIpc) is 2.45. The lowest BCUT2D eigenvalue weighted by molar-refractivity contribution is 0.118. The molecule has 2 unspecified atom stereocenters. The number of rotatable bonds is 4. The molecule has 3 nitrogen and oxygen atoms in total. The van der Waals surface area contributed by atoms with E-state index in [0.29, 0.717) is 18.0 Å². The van der Waals surface area contributed by atoms with E-state index in [-0.39, 0.29) is 0 Å². The molecule has 1 aromatic rings. The Balaban J connectivity index is 2.15. The van der Waals surface area contributed by atoms with Crippen LogP contribution >= 0.6 is 0 Å². The van der Waals surface area contributed by atoms with Crippen molar-refractivity contribution >= 4 is 0 Å². The van der Waals surface area contributed by atoms with Gasteiger partial charge in [-0.15, -0.1) is 0 Å². The van der Waals surface area contributed by atoms with Gasteiger partial charge in [0.15, 0.2) is 0 Å². The molecule has 0 saturated carbocycles. The normalized spacial score (nSPS) is 23.8. The third-order valence-corrected chi connectivity index (χ3v) is 4.18. The smallest absolute Gasteiger partial charge is 0.0991 e. The van der Waals surface area contributed by atoms with Gasteiger partial charge in [0.1, 0.15) is 0 Å². The zero-order valence-corrected chi connectivity index (χ0v) is 12.8. The molecule has 0 amide bonds. The first kappa shape index (κ1) is 15.0. The molecule has 1 fully saturated rings. The number of hydrogen-bond acceptors (Lipinski definition) is 3. The van der Waals surface area contributed by atoms with Crippen LogP contribution in [0.15, 0.2) is 24.3 Å². The summed E-state index contributed by atoms with van der Waals surface area (Å²) in [6.07, 6.45) is 2.54. The molecule has 1 aromatic carbocycles. The predicted octanol–water partition coefficient (Wildman–Crippen LogP) is 2.94. The van der Waals surface area contributed by atoms with Crippen LogP contribution in [0.5, 0.6) is 0 Å². The van der Waals surface area contributed by atoms with E-state index in [1.807, 2.05) is 12.1 Å². The largest absolute Gasteiger partial charge is 0.314 e. The van der Waals surface area contributed by atoms with Gasteiger partial charge in [0.05, 0.1) is 11.6 Å². The molecule has 0 aliphatic carbocycles. The summed E-state index contributed by atoms with van der Waals surface area (Å²) in [5.74, 6) is 0.643. The van der Waals surface area contributed by atoms with Crippen LogP contribution in [0.4, 0.5) is 0 Å². The van der Waals surface area contributed by atoms with Crippen molar-refractivity contribution in [2.75, 3.05) is 20.1 Å². The van der Waals surface area contributed by atoms with E-state index >= 15 is 0 Å². The van der Waals surface area contributed by atoms with Crippen LogP contribution in [0.2, 0.25) is 0 Å². The molecule has 3 heteroatoms. The molecular weight excluding hydrogens is 246 g/mol. The van der Waals surface area contributed by atoms with E-state index in [2.05, 4.69) is 49.3 Å². The van der Waals surface area contributed by atoms with Crippen LogP contribution in [0.1, 0.15) is 43.9 Å². The lowest BCUT2D eigenvalue weighted by Crippen LogP contribution is -2.41. The molecule has 1 N–H and O–H groups in total. The quantitative estimate of drug-likeness (QED) is 0.915. The number of likely N-dealkylation sites (tertiary alicyclic amines) is 1. The van der Waals surface area contributed by atoms with Crippen LogP contribution < -0.4 is 5.32 Å². The second-order valence-electron chi connectivity index (χ2n) is 6.12. The maximum atomic E-state index is 8.92. The Bertz CT molecular complexity index is 458. The van der Waals surface area contributed by atoms with Crippen LogP contribution in [-0.2, 0) is 0 Å². The van der Waals surface area contributed by atoms with Crippen molar-refractivity contribution in [2.45, 2.75) is 38.8 Å². The Labute approximate surface area is 122 Å². The van der Waals surface area contributed by atoms with Gasteiger partial charge in [-0.1, -0.05) is 26.0 Å². The molecule has 20 heavy (non-hydrogen) atoms. The van der Waals surface area contributed by atoms with Crippen molar-refractivity contribution in [3.05, 3.63) is 35.4 Å². The zero-order chi connectivity index (χ0) is 14.5. The number of benzene rings is 1. The van der Waals surface area contributed by atoms with Gasteiger partial charge in [-0.25, -0.2) is 0 Å². The number of piperidine rings is 1. The van der Waals surface area contributed by atoms with Crippen molar-refractivity contribution in [1.29, 1.82) is 5.26 Å². The van der Waals surface area contributed by atoms with Crippen LogP contribution in [-0.4, -0.2) is 31.1 Å². The first-order valence-corrected chi connectivity index (χ1v) is 7.55. The van der Waals surface area contributed by atoms with Gasteiger partial charge < -0.3 is 5.32 Å². The van der Waals surface area contributed by atoms with E-state index in [4.69, 9.17) is 5.26 Å². The predicted molar refractivity (Wildman–Crippen MR) is 82.4 cm³/mol. The minimum Gasteiger partial charge on any atom is -0.314 e. The molecule has 108 valence electrons. The Hall–Kier alpha value is -1.37. The summed E-state index contributed by atoms with van der Waals surface area (Å²) in [5, 5.41) is 12.5. The second kappa shape index (κ2) is 6.88. The third kappa shape index (κ3) is 3.59. The summed E-state index contributed by atoms with van der Waals surface area (Å²) in [7, 11) is 2.21. The second-order valence-corrected chi connectivity index (χ2v) is 6.12. The lowest BCUT2D eigenvalue weighted by Gasteiger charge is -2.40. The van der Waals surface area contributed by atoms with E-state index < -0.39 is 0 Å². The van der Waals surface area contributed by atoms with E-state index in [1.165, 1.54) is 18.4 Å². The third-order valence-electron chi connectivity index (χ3n) is 4.18. The molecule has 1 heterocycles. The molecule has 2 rings (SSSR count). The van der Waals surface area contributed by atoms with Gasteiger partial charge >= 0.3 is 0 Å². The van der Waals surface area contributed by atoms with Gasteiger partial charge in [-0.2, -0.15) is 5.26 Å². The fraction of sp³-hybridized carbons (Fsp3) is 0.588. The summed E-state index contributed by atoms with van der Waals surface area (Å²) in [6.45, 7) is 6.61. The standard InChI is InChI=1S/C17H25N3/c1-13(2)19-12-16-5-4-10-20(3)17(16)15-8-6-14(11-18)7-9-15/h6-9,13,16-17,19H,4-5,10,12H2,1-3H3. The molecule has 1 aliphatic heterocycles. The molecular formula is C17H25N3. The molecule has 2 atom stereocenters. The summed E-state index contributed by atoms with van der Waals surface area (Å²) in [5.41, 5.74) is 2.07. The van der Waals surface area contributed by atoms with Crippen molar-refractivity contribution in [3.63, 3.8) is 0 Å². The van der Waals surface area contributed by atoms with Crippen molar-refractivity contribution < 1.29 is 0 Å². The minimum atomic E-state index is 0.461. The summed E-state index contributed by atoms with van der Waals surface area (Å²) < 4.78 is 0. The SMILES string of the molecule is CC(C)NCC1CCCN(C)C1c1ccc(C#N)cc1. The highest BCUT2D eigenvalue weighted by molar-refractivity contribution is 5.33. The first-order chi connectivity index (χ1) is 9.61. The fourth-order valence-corrected chi connectivity index (χ4v) is 3.14. The van der Waals surface area contributed by atoms with E-state index in [1.54, 1.807) is 0 Å². The number of hydrogen-bond donors (Lipinski definition) is 1. The number of nitrogens with one attached hydrogen (secondary N) is 1. The average molecular weight is 271 g/mol. The summed E-state index contributed by atoms with van der Waals surface area (Å²) in [4.78, 5) is 2.46. The monoisotopic (exact) mass is 271 g/mol. The molecule has 1 aliphatic rings. The molecule has 0 aromatic heterocycles. The van der Waals surface area contributed by atoms with Crippen LogP contribution in [0, 0.1) is 17.2 Å². The highest BCUT2D eigenvalue weighted by Gasteiger charge is 2.30. The van der Waals surface area contributed by atoms with Crippen molar-refractivity contribution in [1.82, 2.24) is 10.2 Å². The molecule has 1 saturated heterocycles. The Morgan fingerprint density at radius 1 is 1.35 bits per heavy atom. The fourth-order valence-electron chi connectivity index (χ4n) is 3.14. The Morgan fingerprint density at radius 3 is 2.65 bits per heavy atom. The number of nitriles is 1.